The van der Waals surface area contributed by atoms with Gasteiger partial charge in [0.25, 0.3) is 5.91 Å². The lowest BCUT2D eigenvalue weighted by Crippen LogP contribution is -2.39. The summed E-state index contributed by atoms with van der Waals surface area (Å²) in [5.41, 5.74) is -1.23. The summed E-state index contributed by atoms with van der Waals surface area (Å²) in [6, 6.07) is 6.97. The van der Waals surface area contributed by atoms with Crippen molar-refractivity contribution in [1.82, 2.24) is 24.4 Å². The number of hydrogen-bond acceptors (Lipinski definition) is 7. The Kier molecular flexibility index (Phi) is 6.72. The normalized spacial score (nSPS) is 13.9. The lowest BCUT2D eigenvalue weighted by Gasteiger charge is -2.25. The van der Waals surface area contributed by atoms with Crippen LogP contribution >= 0.6 is 0 Å². The minimum atomic E-state index is -4.78. The summed E-state index contributed by atoms with van der Waals surface area (Å²) in [5, 5.41) is 2.54. The molecular weight excluding hydrogens is 491 g/mol. The number of imidazole rings is 1. The molecule has 1 aromatic carbocycles. The van der Waals surface area contributed by atoms with E-state index in [-0.39, 0.29) is 11.5 Å². The molecule has 37 heavy (non-hydrogen) atoms. The maximum absolute atomic E-state index is 13.5. The van der Waals surface area contributed by atoms with E-state index in [1.54, 1.807) is 52.1 Å². The molecule has 2 amide bonds. The highest BCUT2D eigenvalue weighted by molar-refractivity contribution is 6.08. The van der Waals surface area contributed by atoms with Gasteiger partial charge in [0, 0.05) is 24.4 Å². The molecule has 0 saturated heterocycles. The fourth-order valence-electron chi connectivity index (χ4n) is 3.48. The number of benzene rings is 1. The highest BCUT2D eigenvalue weighted by atomic mass is 19.4. The van der Waals surface area contributed by atoms with Crippen LogP contribution in [0.3, 0.4) is 0 Å². The number of aromatic nitrogens is 4. The Morgan fingerprint density at radius 1 is 1.08 bits per heavy atom. The van der Waals surface area contributed by atoms with Gasteiger partial charge in [0.1, 0.15) is 28.5 Å². The lowest BCUT2D eigenvalue weighted by atomic mass is 10.1. The van der Waals surface area contributed by atoms with E-state index in [2.05, 4.69) is 25.3 Å². The number of aliphatic imine (C=N–C) groups is 1. The third-order valence-corrected chi connectivity index (χ3v) is 5.15. The smallest absolute Gasteiger partial charge is 0.433 e. The summed E-state index contributed by atoms with van der Waals surface area (Å²) in [4.78, 5) is 42.6. The highest BCUT2D eigenvalue weighted by Gasteiger charge is 2.35. The molecule has 0 unspecified atom stereocenters. The standard InChI is InChI=1S/C24H24F3N7O3/c1-23(2,3)37-22(36)34-10-9-29-20(34)14-5-7-15(8-6-14)30-21(35)16-11-18(24(25,26)27)32-19(31-16)17-12-28-13-33(17)4/h5-8,11-13H,9-10H2,1-4H3,(H,30,35). The largest absolute Gasteiger partial charge is 0.443 e. The van der Waals surface area contributed by atoms with Gasteiger partial charge in [-0.2, -0.15) is 13.2 Å². The summed E-state index contributed by atoms with van der Waals surface area (Å²) in [6.07, 6.45) is -2.61. The second-order valence-electron chi connectivity index (χ2n) is 9.22. The summed E-state index contributed by atoms with van der Waals surface area (Å²) < 4.78 is 47.3. The van der Waals surface area contributed by atoms with E-state index in [4.69, 9.17) is 4.74 Å². The van der Waals surface area contributed by atoms with Gasteiger partial charge in [0.05, 0.1) is 25.6 Å². The maximum atomic E-state index is 13.5. The van der Waals surface area contributed by atoms with Gasteiger partial charge in [-0.1, -0.05) is 0 Å². The van der Waals surface area contributed by atoms with Gasteiger partial charge in [-0.15, -0.1) is 0 Å². The molecule has 1 N–H and O–H groups in total. The Morgan fingerprint density at radius 2 is 1.78 bits per heavy atom. The van der Waals surface area contributed by atoms with Gasteiger partial charge >= 0.3 is 12.3 Å². The average molecular weight is 515 g/mol. The summed E-state index contributed by atoms with van der Waals surface area (Å²) in [7, 11) is 1.58. The van der Waals surface area contributed by atoms with Gasteiger partial charge in [-0.25, -0.2) is 19.7 Å². The number of nitrogens with one attached hydrogen (secondary N) is 1. The SMILES string of the molecule is Cn1cncc1-c1nc(C(=O)Nc2ccc(C3=NCCN3C(=O)OC(C)(C)C)cc2)cc(C(F)(F)F)n1. The molecule has 2 aromatic heterocycles. The van der Waals surface area contributed by atoms with Crippen LogP contribution in [0.25, 0.3) is 11.5 Å². The zero-order valence-corrected chi connectivity index (χ0v) is 20.5. The number of amides is 2. The molecule has 0 atom stereocenters. The molecule has 0 radical (unpaired) electrons. The number of halogens is 3. The van der Waals surface area contributed by atoms with Crippen LogP contribution in [0.2, 0.25) is 0 Å². The van der Waals surface area contributed by atoms with Gasteiger partial charge in [0.15, 0.2) is 5.82 Å². The van der Waals surface area contributed by atoms with Crippen molar-refractivity contribution in [2.24, 2.45) is 12.0 Å². The number of ether oxygens (including phenoxy) is 1. The van der Waals surface area contributed by atoms with Crippen LogP contribution in [0, 0.1) is 0 Å². The number of carbonyl (C=O) groups excluding carboxylic acids is 2. The van der Waals surface area contributed by atoms with Crippen molar-refractivity contribution in [3.63, 3.8) is 0 Å². The Hall–Kier alpha value is -4.29. The minimum Gasteiger partial charge on any atom is -0.443 e. The number of aryl methyl sites for hydroxylation is 1. The molecule has 0 saturated carbocycles. The van der Waals surface area contributed by atoms with Crippen molar-refractivity contribution in [2.75, 3.05) is 18.4 Å². The van der Waals surface area contributed by atoms with Crippen molar-refractivity contribution in [3.8, 4) is 11.5 Å². The van der Waals surface area contributed by atoms with Gasteiger partial charge in [0.2, 0.25) is 0 Å². The molecule has 10 nitrogen and oxygen atoms in total. The number of anilines is 1. The number of nitrogens with zero attached hydrogens (tertiary/aromatic N) is 6. The molecule has 3 heterocycles. The quantitative estimate of drug-likeness (QED) is 0.559. The average Bonchev–Trinajstić information content (AvgIpc) is 3.47. The van der Waals surface area contributed by atoms with Crippen LogP contribution in [0.5, 0.6) is 0 Å². The number of carbonyl (C=O) groups is 2. The first-order valence-electron chi connectivity index (χ1n) is 11.2. The summed E-state index contributed by atoms with van der Waals surface area (Å²) in [6.45, 7) is 6.09. The van der Waals surface area contributed by atoms with Crippen LogP contribution in [-0.4, -0.2) is 60.9 Å². The second kappa shape index (κ2) is 9.64. The highest BCUT2D eigenvalue weighted by Crippen LogP contribution is 2.30. The molecule has 0 spiro atoms. The van der Waals surface area contributed by atoms with Crippen molar-refractivity contribution >= 4 is 23.5 Å². The molecule has 194 valence electrons. The molecule has 1 aliphatic rings. The first-order valence-corrected chi connectivity index (χ1v) is 11.2. The van der Waals surface area contributed by atoms with E-state index < -0.39 is 35.2 Å². The monoisotopic (exact) mass is 515 g/mol. The van der Waals surface area contributed by atoms with E-state index >= 15 is 0 Å². The predicted octanol–water partition coefficient (Wildman–Crippen LogP) is 4.15. The topological polar surface area (TPSA) is 115 Å². The van der Waals surface area contributed by atoms with Crippen LogP contribution in [0.1, 0.15) is 42.5 Å². The van der Waals surface area contributed by atoms with E-state index in [1.807, 2.05) is 0 Å². The number of hydrogen-bond donors (Lipinski definition) is 1. The Bertz CT molecular complexity index is 1360. The molecule has 4 rings (SSSR count). The molecule has 1 aliphatic heterocycles. The van der Waals surface area contributed by atoms with E-state index in [1.165, 1.54) is 22.0 Å². The summed E-state index contributed by atoms with van der Waals surface area (Å²) in [5.74, 6) is -0.701. The van der Waals surface area contributed by atoms with Crippen molar-refractivity contribution in [2.45, 2.75) is 32.5 Å². The van der Waals surface area contributed by atoms with Crippen LogP contribution in [0.4, 0.5) is 23.7 Å². The first-order chi connectivity index (χ1) is 17.3. The van der Waals surface area contributed by atoms with Crippen molar-refractivity contribution < 1.29 is 27.5 Å². The third kappa shape index (κ3) is 5.93. The Morgan fingerprint density at radius 3 is 2.38 bits per heavy atom. The summed E-state index contributed by atoms with van der Waals surface area (Å²) >= 11 is 0. The first kappa shape index (κ1) is 25.8. The number of alkyl halides is 3. The van der Waals surface area contributed by atoms with Crippen molar-refractivity contribution in [1.29, 1.82) is 0 Å². The van der Waals surface area contributed by atoms with E-state index in [9.17, 15) is 22.8 Å². The van der Waals surface area contributed by atoms with Crippen LogP contribution in [-0.2, 0) is 18.0 Å². The zero-order valence-electron chi connectivity index (χ0n) is 20.5. The fraction of sp³-hybridized carbons (Fsp3) is 0.333. The van der Waals surface area contributed by atoms with Gasteiger partial charge in [-0.3, -0.25) is 14.7 Å². The Balaban J connectivity index is 1.54. The second-order valence-corrected chi connectivity index (χ2v) is 9.22. The van der Waals surface area contributed by atoms with Crippen LogP contribution < -0.4 is 5.32 Å². The Labute approximate surface area is 210 Å². The van der Waals surface area contributed by atoms with E-state index in [0.717, 1.165) is 0 Å². The van der Waals surface area contributed by atoms with Crippen molar-refractivity contribution in [3.05, 3.63) is 59.8 Å². The number of rotatable bonds is 4. The molecule has 13 heteroatoms. The molecule has 0 bridgehead atoms. The number of amidine groups is 1. The minimum absolute atomic E-state index is 0.219. The molecule has 0 fully saturated rings. The lowest BCUT2D eigenvalue weighted by molar-refractivity contribution is -0.141. The molecule has 3 aromatic rings. The fourth-order valence-corrected chi connectivity index (χ4v) is 3.48. The zero-order chi connectivity index (χ0) is 27.0. The van der Waals surface area contributed by atoms with E-state index in [0.29, 0.717) is 36.2 Å². The molecule has 0 aliphatic carbocycles. The van der Waals surface area contributed by atoms with Gasteiger partial charge < -0.3 is 14.6 Å². The van der Waals surface area contributed by atoms with Gasteiger partial charge in [-0.05, 0) is 45.0 Å². The molecular formula is C24H24F3N7O3. The van der Waals surface area contributed by atoms with Crippen LogP contribution in [0.15, 0.2) is 47.8 Å². The third-order valence-electron chi connectivity index (χ3n) is 5.15. The predicted molar refractivity (Wildman–Crippen MR) is 128 cm³/mol. The maximum Gasteiger partial charge on any atom is 0.433 e.